The van der Waals surface area contributed by atoms with Crippen LogP contribution in [0.25, 0.3) is 0 Å². The van der Waals surface area contributed by atoms with Crippen molar-refractivity contribution in [3.63, 3.8) is 0 Å². The van der Waals surface area contributed by atoms with E-state index >= 15 is 0 Å². The third-order valence-corrected chi connectivity index (χ3v) is 6.10. The van der Waals surface area contributed by atoms with E-state index in [-0.39, 0.29) is 17.9 Å². The summed E-state index contributed by atoms with van der Waals surface area (Å²) in [6, 6.07) is 27.5. The summed E-state index contributed by atoms with van der Waals surface area (Å²) >= 11 is 1.33. The highest BCUT2D eigenvalue weighted by atomic mass is 32.2. The van der Waals surface area contributed by atoms with Crippen LogP contribution >= 0.6 is 11.8 Å². The van der Waals surface area contributed by atoms with Crippen molar-refractivity contribution in [3.05, 3.63) is 107 Å². The molecule has 4 rings (SSSR count). The van der Waals surface area contributed by atoms with Crippen LogP contribution in [0.1, 0.15) is 17.2 Å². The highest BCUT2D eigenvalue weighted by Gasteiger charge is 2.27. The summed E-state index contributed by atoms with van der Waals surface area (Å²) in [5, 5.41) is 3.09. The Balaban J connectivity index is 1.56. The Morgan fingerprint density at radius 1 is 0.967 bits per heavy atom. The number of amides is 2. The van der Waals surface area contributed by atoms with Gasteiger partial charge in [0.15, 0.2) is 0 Å². The van der Waals surface area contributed by atoms with Crippen LogP contribution in [-0.4, -0.2) is 18.9 Å². The number of likely N-dealkylation sites (N-methyl/N-ethyl adjacent to an activating group) is 1. The second-order valence-corrected chi connectivity index (χ2v) is 8.19. The number of carbonyl (C=O) groups is 2. The monoisotopic (exact) mass is 414 g/mol. The molecule has 0 saturated heterocycles. The molecule has 0 aliphatic carbocycles. The summed E-state index contributed by atoms with van der Waals surface area (Å²) in [4.78, 5) is 28.6. The van der Waals surface area contributed by atoms with Crippen molar-refractivity contribution < 1.29 is 9.59 Å². The third-order valence-electron chi connectivity index (χ3n) is 5.03. The van der Waals surface area contributed by atoms with Crippen molar-refractivity contribution in [3.8, 4) is 0 Å². The van der Waals surface area contributed by atoms with Crippen molar-refractivity contribution in [1.29, 1.82) is 0 Å². The molecule has 1 heterocycles. The molecular formula is C25H22N2O2S. The number of hydrogen-bond acceptors (Lipinski definition) is 3. The minimum atomic E-state index is -0.275. The standard InChI is InChI=1S/C25H22N2O2S/c1-27-21-14-8-9-15-22(21)30-23(25(27)29)17-24(28)26-20(19-12-6-3-7-13-19)16-18-10-4-2-5-11-18/h2-15,17,20H,16H2,1H3,(H,26,28)/b23-17+. The predicted molar refractivity (Wildman–Crippen MR) is 121 cm³/mol. The minimum Gasteiger partial charge on any atom is -0.345 e. The summed E-state index contributed by atoms with van der Waals surface area (Å²) < 4.78 is 0. The van der Waals surface area contributed by atoms with Gasteiger partial charge in [-0.2, -0.15) is 0 Å². The maximum Gasteiger partial charge on any atom is 0.265 e. The maximum atomic E-state index is 12.9. The van der Waals surface area contributed by atoms with Crippen molar-refractivity contribution in [2.24, 2.45) is 0 Å². The number of hydrogen-bond donors (Lipinski definition) is 1. The second-order valence-electron chi connectivity index (χ2n) is 7.10. The van der Waals surface area contributed by atoms with Gasteiger partial charge in [0.05, 0.1) is 16.6 Å². The zero-order valence-corrected chi connectivity index (χ0v) is 17.4. The summed E-state index contributed by atoms with van der Waals surface area (Å²) in [5.74, 6) is -0.448. The fourth-order valence-electron chi connectivity index (χ4n) is 3.47. The zero-order valence-electron chi connectivity index (χ0n) is 16.6. The van der Waals surface area contributed by atoms with Crippen LogP contribution in [0.15, 0.2) is 101 Å². The van der Waals surface area contributed by atoms with Gasteiger partial charge >= 0.3 is 0 Å². The molecule has 0 aromatic heterocycles. The third kappa shape index (κ3) is 4.47. The number of anilines is 1. The highest BCUT2D eigenvalue weighted by Crippen LogP contribution is 2.40. The van der Waals surface area contributed by atoms with Gasteiger partial charge in [-0.15, -0.1) is 0 Å². The van der Waals surface area contributed by atoms with E-state index in [2.05, 4.69) is 5.32 Å². The van der Waals surface area contributed by atoms with E-state index < -0.39 is 0 Å². The molecule has 3 aromatic rings. The normalized spacial score (nSPS) is 15.6. The first-order valence-corrected chi connectivity index (χ1v) is 10.6. The first-order chi connectivity index (χ1) is 14.6. The molecule has 1 atom stereocenters. The second kappa shape index (κ2) is 9.01. The van der Waals surface area contributed by atoms with Crippen LogP contribution in [0.5, 0.6) is 0 Å². The van der Waals surface area contributed by atoms with Crippen molar-refractivity contribution >= 4 is 29.3 Å². The van der Waals surface area contributed by atoms with Crippen LogP contribution in [0.3, 0.4) is 0 Å². The SMILES string of the molecule is CN1C(=O)/C(=C\C(=O)NC(Cc2ccccc2)c2ccccc2)Sc2ccccc21. The first kappa shape index (κ1) is 20.0. The fraction of sp³-hybridized carbons (Fsp3) is 0.120. The summed E-state index contributed by atoms with van der Waals surface area (Å²) in [7, 11) is 1.73. The average Bonchev–Trinajstić information content (AvgIpc) is 2.78. The first-order valence-electron chi connectivity index (χ1n) is 9.78. The number of nitrogens with zero attached hydrogens (tertiary/aromatic N) is 1. The molecule has 0 fully saturated rings. The van der Waals surface area contributed by atoms with Crippen LogP contribution in [-0.2, 0) is 16.0 Å². The lowest BCUT2D eigenvalue weighted by molar-refractivity contribution is -0.118. The summed E-state index contributed by atoms with van der Waals surface area (Å²) in [5.41, 5.74) is 3.02. The average molecular weight is 415 g/mol. The Hall–Kier alpha value is -3.31. The molecule has 2 amide bonds. The Morgan fingerprint density at radius 3 is 2.33 bits per heavy atom. The number of thioether (sulfide) groups is 1. The van der Waals surface area contributed by atoms with Crippen LogP contribution in [0, 0.1) is 0 Å². The molecule has 1 unspecified atom stereocenters. The van der Waals surface area contributed by atoms with E-state index in [1.807, 2.05) is 84.9 Å². The quantitative estimate of drug-likeness (QED) is 0.614. The lowest BCUT2D eigenvalue weighted by atomic mass is 9.99. The summed E-state index contributed by atoms with van der Waals surface area (Å²) in [6.07, 6.45) is 2.09. The number of para-hydroxylation sites is 1. The fourth-order valence-corrected chi connectivity index (χ4v) is 4.55. The Bertz CT molecular complexity index is 1080. The topological polar surface area (TPSA) is 49.4 Å². The van der Waals surface area contributed by atoms with E-state index in [4.69, 9.17) is 0 Å². The number of carbonyl (C=O) groups excluding carboxylic acids is 2. The molecule has 1 aliphatic heterocycles. The molecule has 0 bridgehead atoms. The Kier molecular flexibility index (Phi) is 6.00. The van der Waals surface area contributed by atoms with Gasteiger partial charge < -0.3 is 10.2 Å². The molecule has 0 radical (unpaired) electrons. The van der Waals surface area contributed by atoms with E-state index in [0.717, 1.165) is 21.7 Å². The van der Waals surface area contributed by atoms with Crippen molar-refractivity contribution in [2.75, 3.05) is 11.9 Å². The van der Waals surface area contributed by atoms with Gasteiger partial charge in [0.1, 0.15) is 0 Å². The molecule has 150 valence electrons. The number of nitrogens with one attached hydrogen (secondary N) is 1. The maximum absolute atomic E-state index is 12.9. The molecule has 0 spiro atoms. The van der Waals surface area contributed by atoms with Gasteiger partial charge in [-0.1, -0.05) is 84.6 Å². The van der Waals surface area contributed by atoms with Gasteiger partial charge in [-0.3, -0.25) is 9.59 Å². The van der Waals surface area contributed by atoms with Gasteiger partial charge in [0.2, 0.25) is 5.91 Å². The number of fused-ring (bicyclic) bond motifs is 1. The molecule has 1 N–H and O–H groups in total. The molecule has 3 aromatic carbocycles. The van der Waals surface area contributed by atoms with Gasteiger partial charge in [0, 0.05) is 18.0 Å². The molecular weight excluding hydrogens is 392 g/mol. The zero-order chi connectivity index (χ0) is 20.9. The van der Waals surface area contributed by atoms with Crippen LogP contribution in [0.4, 0.5) is 5.69 Å². The minimum absolute atomic E-state index is 0.173. The highest BCUT2D eigenvalue weighted by molar-refractivity contribution is 8.04. The van der Waals surface area contributed by atoms with Gasteiger partial charge in [0.25, 0.3) is 5.91 Å². The smallest absolute Gasteiger partial charge is 0.265 e. The van der Waals surface area contributed by atoms with Crippen molar-refractivity contribution in [1.82, 2.24) is 5.32 Å². The van der Waals surface area contributed by atoms with Crippen LogP contribution in [0.2, 0.25) is 0 Å². The van der Waals surface area contributed by atoms with Gasteiger partial charge in [-0.05, 0) is 29.7 Å². The number of benzene rings is 3. The van der Waals surface area contributed by atoms with E-state index in [1.54, 1.807) is 11.9 Å². The van der Waals surface area contributed by atoms with E-state index in [0.29, 0.717) is 11.3 Å². The molecule has 4 nitrogen and oxygen atoms in total. The molecule has 30 heavy (non-hydrogen) atoms. The van der Waals surface area contributed by atoms with E-state index in [9.17, 15) is 9.59 Å². The molecule has 1 aliphatic rings. The van der Waals surface area contributed by atoms with Crippen LogP contribution < -0.4 is 10.2 Å². The largest absolute Gasteiger partial charge is 0.345 e. The Morgan fingerprint density at radius 2 is 1.60 bits per heavy atom. The van der Waals surface area contributed by atoms with Crippen molar-refractivity contribution in [2.45, 2.75) is 17.4 Å². The molecule has 0 saturated carbocycles. The lowest BCUT2D eigenvalue weighted by Gasteiger charge is -2.26. The van der Waals surface area contributed by atoms with E-state index in [1.165, 1.54) is 17.8 Å². The predicted octanol–water partition coefficient (Wildman–Crippen LogP) is 4.74. The van der Waals surface area contributed by atoms with Gasteiger partial charge in [-0.25, -0.2) is 0 Å². The summed E-state index contributed by atoms with van der Waals surface area (Å²) in [6.45, 7) is 0. The Labute approximate surface area is 180 Å². The number of rotatable bonds is 5. The lowest BCUT2D eigenvalue weighted by Crippen LogP contribution is -2.32. The molecule has 5 heteroatoms.